The van der Waals surface area contributed by atoms with E-state index in [0.29, 0.717) is 23.4 Å². The molecule has 1 rings (SSSR count). The molecule has 0 aliphatic rings. The third kappa shape index (κ3) is 4.26. The Hall–Kier alpha value is -1.73. The summed E-state index contributed by atoms with van der Waals surface area (Å²) in [7, 11) is -1.49. The highest BCUT2D eigenvalue weighted by Crippen LogP contribution is 2.24. The molecule has 0 aliphatic heterocycles. The Kier molecular flexibility index (Phi) is 4.57. The van der Waals surface area contributed by atoms with E-state index in [9.17, 15) is 4.79 Å². The van der Waals surface area contributed by atoms with Gasteiger partial charge in [-0.25, -0.2) is 0 Å². The van der Waals surface area contributed by atoms with E-state index >= 15 is 0 Å². The van der Waals surface area contributed by atoms with E-state index in [-0.39, 0.29) is 5.97 Å². The number of nitrogens with two attached hydrogens (primary N) is 1. The summed E-state index contributed by atoms with van der Waals surface area (Å²) < 4.78 is 5.23. The average molecular weight is 261 g/mol. The van der Waals surface area contributed by atoms with Crippen molar-refractivity contribution in [2.24, 2.45) is 0 Å². The monoisotopic (exact) mass is 261 g/mol. The van der Waals surface area contributed by atoms with Gasteiger partial charge in [-0.05, 0) is 12.1 Å². The molecule has 0 radical (unpaired) electrons. The van der Waals surface area contributed by atoms with Crippen LogP contribution in [0.5, 0.6) is 5.75 Å². The molecule has 96 valence electrons. The van der Waals surface area contributed by atoms with Gasteiger partial charge in [0.25, 0.3) is 0 Å². The molecule has 0 unspecified atom stereocenters. The molecule has 0 bridgehead atoms. The molecule has 0 aliphatic carbocycles. The normalized spacial score (nSPS) is 10.4. The van der Waals surface area contributed by atoms with E-state index in [0.717, 1.165) is 0 Å². The van der Waals surface area contributed by atoms with Crippen LogP contribution in [0.25, 0.3) is 0 Å². The molecular formula is C14H19NO2Si. The highest BCUT2D eigenvalue weighted by Gasteiger charge is 2.11. The van der Waals surface area contributed by atoms with Crippen molar-refractivity contribution in [3.05, 3.63) is 23.8 Å². The van der Waals surface area contributed by atoms with Gasteiger partial charge in [-0.3, -0.25) is 4.79 Å². The molecule has 0 atom stereocenters. The lowest BCUT2D eigenvalue weighted by Crippen LogP contribution is -2.16. The van der Waals surface area contributed by atoms with E-state index < -0.39 is 8.07 Å². The molecule has 3 nitrogen and oxygen atoms in total. The lowest BCUT2D eigenvalue weighted by atomic mass is 10.1. The lowest BCUT2D eigenvalue weighted by Gasteiger charge is -2.08. The Balaban J connectivity index is 3.15. The molecule has 0 heterocycles. The second kappa shape index (κ2) is 5.74. The zero-order valence-corrected chi connectivity index (χ0v) is 12.3. The Morgan fingerprint density at radius 2 is 2.06 bits per heavy atom. The van der Waals surface area contributed by atoms with E-state index in [2.05, 4.69) is 31.1 Å². The van der Waals surface area contributed by atoms with Gasteiger partial charge < -0.3 is 10.5 Å². The highest BCUT2D eigenvalue weighted by molar-refractivity contribution is 6.83. The van der Waals surface area contributed by atoms with Crippen molar-refractivity contribution < 1.29 is 9.53 Å². The third-order valence-electron chi connectivity index (χ3n) is 2.13. The molecule has 1 aromatic rings. The predicted octanol–water partition coefficient (Wildman–Crippen LogP) is 2.81. The van der Waals surface area contributed by atoms with Crippen molar-refractivity contribution in [3.63, 3.8) is 0 Å². The SMILES string of the molecule is CCC(=O)Oc1cccc(N)c1C#C[Si](C)(C)C. The fraction of sp³-hybridized carbons (Fsp3) is 0.357. The fourth-order valence-electron chi connectivity index (χ4n) is 1.21. The van der Waals surface area contributed by atoms with E-state index in [1.54, 1.807) is 25.1 Å². The largest absolute Gasteiger partial charge is 0.425 e. The second-order valence-corrected chi connectivity index (χ2v) is 9.80. The Morgan fingerprint density at radius 3 is 2.61 bits per heavy atom. The molecule has 2 N–H and O–H groups in total. The topological polar surface area (TPSA) is 52.3 Å². The standard InChI is InChI=1S/C14H19NO2Si/c1-5-14(16)17-13-8-6-7-12(15)11(13)9-10-18(2,3)4/h6-8H,5,15H2,1-4H3. The van der Waals surface area contributed by atoms with Crippen LogP contribution in [0.15, 0.2) is 18.2 Å². The number of hydrogen-bond acceptors (Lipinski definition) is 3. The molecule has 1 aromatic carbocycles. The zero-order valence-electron chi connectivity index (χ0n) is 11.3. The number of benzene rings is 1. The van der Waals surface area contributed by atoms with Gasteiger partial charge in [0, 0.05) is 6.42 Å². The van der Waals surface area contributed by atoms with Crippen molar-refractivity contribution in [2.45, 2.75) is 33.0 Å². The van der Waals surface area contributed by atoms with Crippen LogP contribution in [0.3, 0.4) is 0 Å². The van der Waals surface area contributed by atoms with E-state index in [4.69, 9.17) is 10.5 Å². The van der Waals surface area contributed by atoms with Crippen molar-refractivity contribution in [3.8, 4) is 17.2 Å². The van der Waals surface area contributed by atoms with Crippen LogP contribution in [0.1, 0.15) is 18.9 Å². The molecule has 0 fully saturated rings. The van der Waals surface area contributed by atoms with Gasteiger partial charge in [-0.15, -0.1) is 5.54 Å². The average Bonchev–Trinajstić information content (AvgIpc) is 2.26. The van der Waals surface area contributed by atoms with Gasteiger partial charge in [0.2, 0.25) is 0 Å². The van der Waals surface area contributed by atoms with Crippen LogP contribution < -0.4 is 10.5 Å². The maximum Gasteiger partial charge on any atom is 0.310 e. The minimum Gasteiger partial charge on any atom is -0.425 e. The van der Waals surface area contributed by atoms with Crippen LogP contribution in [0.2, 0.25) is 19.6 Å². The smallest absolute Gasteiger partial charge is 0.310 e. The number of nitrogen functional groups attached to an aromatic ring is 1. The number of carbonyl (C=O) groups is 1. The lowest BCUT2D eigenvalue weighted by molar-refractivity contribution is -0.134. The molecule has 18 heavy (non-hydrogen) atoms. The summed E-state index contributed by atoms with van der Waals surface area (Å²) in [4.78, 5) is 11.3. The third-order valence-corrected chi connectivity index (χ3v) is 3.01. The van der Waals surface area contributed by atoms with Crippen LogP contribution in [-0.2, 0) is 4.79 Å². The van der Waals surface area contributed by atoms with Crippen LogP contribution in [0.4, 0.5) is 5.69 Å². The first-order chi connectivity index (χ1) is 8.33. The van der Waals surface area contributed by atoms with Gasteiger partial charge in [0.05, 0.1) is 11.3 Å². The van der Waals surface area contributed by atoms with Gasteiger partial charge in [-0.1, -0.05) is 38.6 Å². The minimum atomic E-state index is -1.49. The quantitative estimate of drug-likeness (QED) is 0.293. The number of carbonyl (C=O) groups excluding carboxylic acids is 1. The van der Waals surface area contributed by atoms with Crippen molar-refractivity contribution in [2.75, 3.05) is 5.73 Å². The summed E-state index contributed by atoms with van der Waals surface area (Å²) in [6.07, 6.45) is 0.329. The second-order valence-electron chi connectivity index (χ2n) is 5.05. The molecule has 0 amide bonds. The minimum absolute atomic E-state index is 0.281. The molecule has 0 spiro atoms. The Labute approximate surface area is 109 Å². The molecule has 0 aromatic heterocycles. The fourth-order valence-corrected chi connectivity index (χ4v) is 1.71. The Bertz CT molecular complexity index is 507. The number of rotatable bonds is 2. The number of anilines is 1. The number of esters is 1. The summed E-state index contributed by atoms with van der Waals surface area (Å²) in [5, 5.41) is 0. The maximum atomic E-state index is 11.3. The van der Waals surface area contributed by atoms with Crippen molar-refractivity contribution in [1.82, 2.24) is 0 Å². The van der Waals surface area contributed by atoms with Gasteiger partial charge >= 0.3 is 5.97 Å². The van der Waals surface area contributed by atoms with Crippen molar-refractivity contribution >= 4 is 19.7 Å². The van der Waals surface area contributed by atoms with Crippen LogP contribution in [-0.4, -0.2) is 14.0 Å². The molecule has 0 saturated carbocycles. The molecule has 0 saturated heterocycles. The van der Waals surface area contributed by atoms with Crippen LogP contribution in [0, 0.1) is 11.5 Å². The highest BCUT2D eigenvalue weighted by atomic mass is 28.3. The summed E-state index contributed by atoms with van der Waals surface area (Å²) in [6.45, 7) is 8.20. The molecule has 4 heteroatoms. The summed E-state index contributed by atoms with van der Waals surface area (Å²) in [5.41, 5.74) is 10.3. The summed E-state index contributed by atoms with van der Waals surface area (Å²) >= 11 is 0. The first-order valence-corrected chi connectivity index (χ1v) is 9.46. The summed E-state index contributed by atoms with van der Waals surface area (Å²) in [5.74, 6) is 3.23. The Morgan fingerprint density at radius 1 is 1.39 bits per heavy atom. The van der Waals surface area contributed by atoms with Crippen molar-refractivity contribution in [1.29, 1.82) is 0 Å². The van der Waals surface area contributed by atoms with E-state index in [1.807, 2.05) is 0 Å². The summed E-state index contributed by atoms with van der Waals surface area (Å²) in [6, 6.07) is 5.24. The number of hydrogen-bond donors (Lipinski definition) is 1. The van der Waals surface area contributed by atoms with Gasteiger partial charge in [0.15, 0.2) is 0 Å². The predicted molar refractivity (Wildman–Crippen MR) is 77.0 cm³/mol. The van der Waals surface area contributed by atoms with Gasteiger partial charge in [-0.2, -0.15) is 0 Å². The first-order valence-electron chi connectivity index (χ1n) is 5.96. The zero-order chi connectivity index (χ0) is 13.8. The van der Waals surface area contributed by atoms with E-state index in [1.165, 1.54) is 0 Å². The maximum absolute atomic E-state index is 11.3. The molecular weight excluding hydrogens is 242 g/mol. The van der Waals surface area contributed by atoms with Gasteiger partial charge in [0.1, 0.15) is 13.8 Å². The first kappa shape index (κ1) is 14.3. The van der Waals surface area contributed by atoms with Crippen LogP contribution >= 0.6 is 0 Å². The number of ether oxygens (including phenoxy) is 1.